The topological polar surface area (TPSA) is 55.8 Å². The Hall–Kier alpha value is -2.20. The Morgan fingerprint density at radius 3 is 2.52 bits per heavy atom. The summed E-state index contributed by atoms with van der Waals surface area (Å²) < 4.78 is 10.7. The van der Waals surface area contributed by atoms with E-state index in [9.17, 15) is 9.90 Å². The molecule has 0 aromatic heterocycles. The van der Waals surface area contributed by atoms with Crippen LogP contribution in [0, 0.1) is 0 Å². The second-order valence-corrected chi connectivity index (χ2v) is 4.87. The molecule has 0 aliphatic carbocycles. The lowest BCUT2D eigenvalue weighted by molar-refractivity contribution is -0.145. The second kappa shape index (κ2) is 6.99. The molecule has 0 saturated heterocycles. The lowest BCUT2D eigenvalue weighted by Gasteiger charge is -2.17. The van der Waals surface area contributed by atoms with E-state index in [1.165, 1.54) is 7.11 Å². The summed E-state index contributed by atoms with van der Waals surface area (Å²) in [6.07, 6.45) is -0.798. The summed E-state index contributed by atoms with van der Waals surface area (Å²) in [5.41, 5.74) is 0.796. The molecule has 4 nitrogen and oxygen atoms in total. The van der Waals surface area contributed by atoms with Gasteiger partial charge in [0, 0.05) is 11.4 Å². The number of carboxylic acids is 1. The number of carbonyl (C=O) groups is 1. The van der Waals surface area contributed by atoms with Crippen LogP contribution in [-0.4, -0.2) is 24.3 Å². The first-order chi connectivity index (χ1) is 10.1. The van der Waals surface area contributed by atoms with Crippen LogP contribution in [0.4, 0.5) is 0 Å². The van der Waals surface area contributed by atoms with Crippen molar-refractivity contribution in [1.82, 2.24) is 0 Å². The van der Waals surface area contributed by atoms with Gasteiger partial charge < -0.3 is 14.6 Å². The molecule has 0 fully saturated rings. The van der Waals surface area contributed by atoms with Crippen LogP contribution in [-0.2, 0) is 11.2 Å². The molecule has 1 atom stereocenters. The van der Waals surface area contributed by atoms with Crippen LogP contribution in [0.15, 0.2) is 48.5 Å². The van der Waals surface area contributed by atoms with Crippen LogP contribution in [0.1, 0.15) is 5.56 Å². The molecule has 0 saturated carbocycles. The summed E-state index contributed by atoms with van der Waals surface area (Å²) >= 11 is 5.91. The highest BCUT2D eigenvalue weighted by Gasteiger charge is 2.21. The third-order valence-corrected chi connectivity index (χ3v) is 3.16. The Bertz CT molecular complexity index is 627. The van der Waals surface area contributed by atoms with E-state index in [0.717, 1.165) is 5.56 Å². The molecular formula is C16H15ClO4. The monoisotopic (exact) mass is 306 g/mol. The number of para-hydroxylation sites is 2. The van der Waals surface area contributed by atoms with E-state index in [4.69, 9.17) is 21.1 Å². The highest BCUT2D eigenvalue weighted by molar-refractivity contribution is 6.30. The zero-order valence-electron chi connectivity index (χ0n) is 11.5. The molecule has 2 aromatic carbocycles. The quantitative estimate of drug-likeness (QED) is 0.888. The van der Waals surface area contributed by atoms with Gasteiger partial charge in [-0.25, -0.2) is 4.79 Å². The van der Waals surface area contributed by atoms with E-state index in [0.29, 0.717) is 16.5 Å². The maximum atomic E-state index is 11.4. The average molecular weight is 307 g/mol. The van der Waals surface area contributed by atoms with Crippen molar-refractivity contribution >= 4 is 17.6 Å². The lowest BCUT2D eigenvalue weighted by atomic mass is 10.1. The van der Waals surface area contributed by atoms with Gasteiger partial charge >= 0.3 is 5.97 Å². The van der Waals surface area contributed by atoms with E-state index in [1.807, 2.05) is 6.07 Å². The molecule has 0 aliphatic heterocycles. The number of aliphatic carboxylic acids is 1. The van der Waals surface area contributed by atoms with Crippen LogP contribution >= 0.6 is 11.6 Å². The van der Waals surface area contributed by atoms with Crippen LogP contribution in [0.2, 0.25) is 5.02 Å². The molecule has 0 aliphatic rings. The second-order valence-electron chi connectivity index (χ2n) is 4.43. The van der Waals surface area contributed by atoms with Crippen molar-refractivity contribution in [1.29, 1.82) is 0 Å². The molecule has 1 N–H and O–H groups in total. The van der Waals surface area contributed by atoms with Crippen molar-refractivity contribution in [2.75, 3.05) is 7.11 Å². The molecule has 0 spiro atoms. The maximum Gasteiger partial charge on any atom is 0.345 e. The normalized spacial score (nSPS) is 11.7. The SMILES string of the molecule is COc1ccccc1O[C@H](Cc1cccc(Cl)c1)C(=O)O. The number of halogens is 1. The van der Waals surface area contributed by atoms with Crippen LogP contribution < -0.4 is 9.47 Å². The highest BCUT2D eigenvalue weighted by atomic mass is 35.5. The first kappa shape index (κ1) is 15.2. The molecule has 110 valence electrons. The third kappa shape index (κ3) is 4.13. The van der Waals surface area contributed by atoms with E-state index in [-0.39, 0.29) is 6.42 Å². The fourth-order valence-electron chi connectivity index (χ4n) is 1.93. The van der Waals surface area contributed by atoms with Crippen molar-refractivity contribution in [3.05, 3.63) is 59.1 Å². The first-order valence-corrected chi connectivity index (χ1v) is 6.75. The third-order valence-electron chi connectivity index (χ3n) is 2.92. The summed E-state index contributed by atoms with van der Waals surface area (Å²) in [6.45, 7) is 0. The van der Waals surface area contributed by atoms with E-state index in [2.05, 4.69) is 0 Å². The fraction of sp³-hybridized carbons (Fsp3) is 0.188. The van der Waals surface area contributed by atoms with Gasteiger partial charge in [0.15, 0.2) is 17.6 Å². The molecule has 0 radical (unpaired) electrons. The van der Waals surface area contributed by atoms with Crippen molar-refractivity contribution < 1.29 is 19.4 Å². The number of methoxy groups -OCH3 is 1. The van der Waals surface area contributed by atoms with E-state index < -0.39 is 12.1 Å². The Balaban J connectivity index is 2.18. The molecule has 0 amide bonds. The number of rotatable bonds is 6. The standard InChI is InChI=1S/C16H15ClO4/c1-20-13-7-2-3-8-14(13)21-15(16(18)19)10-11-5-4-6-12(17)9-11/h2-9,15H,10H2,1H3,(H,18,19)/t15-/m1/s1. The summed E-state index contributed by atoms with van der Waals surface area (Å²) in [5.74, 6) is -0.148. The van der Waals surface area contributed by atoms with Gasteiger partial charge in [-0.05, 0) is 29.8 Å². The summed E-state index contributed by atoms with van der Waals surface area (Å²) in [6, 6.07) is 14.0. The summed E-state index contributed by atoms with van der Waals surface area (Å²) in [5, 5.41) is 9.89. The van der Waals surface area contributed by atoms with Gasteiger partial charge in [-0.15, -0.1) is 0 Å². The van der Waals surface area contributed by atoms with Gasteiger partial charge in [0.25, 0.3) is 0 Å². The first-order valence-electron chi connectivity index (χ1n) is 6.37. The van der Waals surface area contributed by atoms with E-state index in [1.54, 1.807) is 42.5 Å². The Kier molecular flexibility index (Phi) is 5.06. The maximum absolute atomic E-state index is 11.4. The van der Waals surface area contributed by atoms with Crippen LogP contribution in [0.5, 0.6) is 11.5 Å². The number of hydrogen-bond donors (Lipinski definition) is 1. The smallest absolute Gasteiger partial charge is 0.345 e. The number of carboxylic acid groups (broad SMARTS) is 1. The van der Waals surface area contributed by atoms with E-state index >= 15 is 0 Å². The molecule has 0 unspecified atom stereocenters. The predicted octanol–water partition coefficient (Wildman–Crippen LogP) is 3.42. The van der Waals surface area contributed by atoms with Crippen molar-refractivity contribution in [2.24, 2.45) is 0 Å². The van der Waals surface area contributed by atoms with Gasteiger partial charge in [0.2, 0.25) is 0 Å². The minimum atomic E-state index is -1.04. The summed E-state index contributed by atoms with van der Waals surface area (Å²) in [4.78, 5) is 11.4. The molecular weight excluding hydrogens is 292 g/mol. The van der Waals surface area contributed by atoms with Gasteiger partial charge in [0.05, 0.1) is 7.11 Å². The van der Waals surface area contributed by atoms with Crippen LogP contribution in [0.25, 0.3) is 0 Å². The molecule has 0 bridgehead atoms. The Morgan fingerprint density at radius 1 is 1.19 bits per heavy atom. The minimum absolute atomic E-state index is 0.216. The number of hydrogen-bond acceptors (Lipinski definition) is 3. The minimum Gasteiger partial charge on any atom is -0.493 e. The van der Waals surface area contributed by atoms with Gasteiger partial charge in [-0.2, -0.15) is 0 Å². The molecule has 5 heteroatoms. The van der Waals surface area contributed by atoms with Gasteiger partial charge in [-0.3, -0.25) is 0 Å². The zero-order valence-corrected chi connectivity index (χ0v) is 12.2. The average Bonchev–Trinajstić information content (AvgIpc) is 2.47. The highest BCUT2D eigenvalue weighted by Crippen LogP contribution is 2.27. The Morgan fingerprint density at radius 2 is 1.90 bits per heavy atom. The molecule has 2 aromatic rings. The Labute approximate surface area is 127 Å². The van der Waals surface area contributed by atoms with Crippen LogP contribution in [0.3, 0.4) is 0 Å². The number of ether oxygens (including phenoxy) is 2. The van der Waals surface area contributed by atoms with Gasteiger partial charge in [0.1, 0.15) is 0 Å². The van der Waals surface area contributed by atoms with Crippen molar-refractivity contribution in [2.45, 2.75) is 12.5 Å². The molecule has 0 heterocycles. The number of benzene rings is 2. The van der Waals surface area contributed by atoms with Crippen molar-refractivity contribution in [3.63, 3.8) is 0 Å². The predicted molar refractivity (Wildman–Crippen MR) is 80.2 cm³/mol. The lowest BCUT2D eigenvalue weighted by Crippen LogP contribution is -2.29. The largest absolute Gasteiger partial charge is 0.493 e. The molecule has 21 heavy (non-hydrogen) atoms. The van der Waals surface area contributed by atoms with Crippen molar-refractivity contribution in [3.8, 4) is 11.5 Å². The summed E-state index contributed by atoms with van der Waals surface area (Å²) in [7, 11) is 1.51. The molecule has 2 rings (SSSR count). The van der Waals surface area contributed by atoms with Gasteiger partial charge in [-0.1, -0.05) is 35.9 Å². The zero-order chi connectivity index (χ0) is 15.2. The fourth-order valence-corrected chi connectivity index (χ4v) is 2.14.